The van der Waals surface area contributed by atoms with Crippen LogP contribution < -0.4 is 4.74 Å². The van der Waals surface area contributed by atoms with Crippen molar-refractivity contribution >= 4 is 10.9 Å². The summed E-state index contributed by atoms with van der Waals surface area (Å²) in [4.78, 5) is 3.40. The maximum atomic E-state index is 9.37. The molecule has 0 radical (unpaired) electrons. The molecular weight excluding hydrogens is 250 g/mol. The Labute approximate surface area is 117 Å². The van der Waals surface area contributed by atoms with Crippen molar-refractivity contribution in [2.24, 2.45) is 0 Å². The standard InChI is InChI=1S/C17H17NO2/c1-20-15-6-2-4-12(9-15)8-14-10-16-13(11-19)5-3-7-17(16)18-14/h2-7,9-10,18-19H,8,11H2,1H3. The first-order valence-corrected chi connectivity index (χ1v) is 6.63. The van der Waals surface area contributed by atoms with E-state index in [0.717, 1.165) is 34.3 Å². The quantitative estimate of drug-likeness (QED) is 0.762. The van der Waals surface area contributed by atoms with Gasteiger partial charge in [-0.1, -0.05) is 24.3 Å². The van der Waals surface area contributed by atoms with E-state index >= 15 is 0 Å². The molecule has 2 aromatic carbocycles. The van der Waals surface area contributed by atoms with Gasteiger partial charge in [0.15, 0.2) is 0 Å². The van der Waals surface area contributed by atoms with Crippen LogP contribution >= 0.6 is 0 Å². The maximum Gasteiger partial charge on any atom is 0.119 e. The zero-order valence-corrected chi connectivity index (χ0v) is 11.4. The number of rotatable bonds is 4. The van der Waals surface area contributed by atoms with E-state index in [0.29, 0.717) is 0 Å². The normalized spacial score (nSPS) is 10.9. The summed E-state index contributed by atoms with van der Waals surface area (Å²) in [6.45, 7) is 0.0633. The van der Waals surface area contributed by atoms with E-state index in [2.05, 4.69) is 17.1 Å². The number of aromatic amines is 1. The number of hydrogen-bond acceptors (Lipinski definition) is 2. The summed E-state index contributed by atoms with van der Waals surface area (Å²) in [5, 5.41) is 10.5. The topological polar surface area (TPSA) is 45.2 Å². The average molecular weight is 267 g/mol. The number of ether oxygens (including phenoxy) is 1. The van der Waals surface area contributed by atoms with Gasteiger partial charge in [-0.2, -0.15) is 0 Å². The summed E-state index contributed by atoms with van der Waals surface area (Å²) in [7, 11) is 1.68. The molecule has 3 aromatic rings. The van der Waals surface area contributed by atoms with Gasteiger partial charge in [-0.25, -0.2) is 0 Å². The minimum Gasteiger partial charge on any atom is -0.497 e. The van der Waals surface area contributed by atoms with Gasteiger partial charge >= 0.3 is 0 Å². The van der Waals surface area contributed by atoms with Crippen LogP contribution in [0.3, 0.4) is 0 Å². The fourth-order valence-corrected chi connectivity index (χ4v) is 2.51. The van der Waals surface area contributed by atoms with Crippen molar-refractivity contribution < 1.29 is 9.84 Å². The van der Waals surface area contributed by atoms with Crippen molar-refractivity contribution in [3.63, 3.8) is 0 Å². The fraction of sp³-hybridized carbons (Fsp3) is 0.176. The summed E-state index contributed by atoms with van der Waals surface area (Å²) in [5.74, 6) is 0.870. The van der Waals surface area contributed by atoms with E-state index in [1.165, 1.54) is 5.56 Å². The van der Waals surface area contributed by atoms with Crippen LogP contribution in [0.1, 0.15) is 16.8 Å². The molecule has 0 spiro atoms. The lowest BCUT2D eigenvalue weighted by molar-refractivity contribution is 0.283. The first kappa shape index (κ1) is 12.8. The zero-order valence-electron chi connectivity index (χ0n) is 11.4. The highest BCUT2D eigenvalue weighted by Crippen LogP contribution is 2.22. The molecule has 0 aliphatic heterocycles. The molecule has 3 nitrogen and oxygen atoms in total. The van der Waals surface area contributed by atoms with Gasteiger partial charge < -0.3 is 14.8 Å². The Morgan fingerprint density at radius 2 is 1.95 bits per heavy atom. The van der Waals surface area contributed by atoms with Gasteiger partial charge in [0.2, 0.25) is 0 Å². The Morgan fingerprint density at radius 1 is 1.10 bits per heavy atom. The number of benzene rings is 2. The molecule has 2 N–H and O–H groups in total. The molecular formula is C17H17NO2. The lowest BCUT2D eigenvalue weighted by atomic mass is 10.1. The second kappa shape index (κ2) is 5.39. The molecule has 0 atom stereocenters. The Kier molecular flexibility index (Phi) is 3.44. The molecule has 0 amide bonds. The van der Waals surface area contributed by atoms with Gasteiger partial charge in [0.25, 0.3) is 0 Å². The second-order valence-corrected chi connectivity index (χ2v) is 4.86. The summed E-state index contributed by atoms with van der Waals surface area (Å²) < 4.78 is 5.24. The first-order chi connectivity index (χ1) is 9.80. The molecule has 102 valence electrons. The van der Waals surface area contributed by atoms with Gasteiger partial charge in [0.05, 0.1) is 13.7 Å². The molecule has 0 unspecified atom stereocenters. The number of fused-ring (bicyclic) bond motifs is 1. The van der Waals surface area contributed by atoms with Crippen molar-refractivity contribution in [2.75, 3.05) is 7.11 Å². The molecule has 20 heavy (non-hydrogen) atoms. The summed E-state index contributed by atoms with van der Waals surface area (Å²) in [5.41, 5.74) is 4.35. The van der Waals surface area contributed by atoms with Gasteiger partial charge in [-0.15, -0.1) is 0 Å². The molecule has 1 heterocycles. The van der Waals surface area contributed by atoms with Crippen molar-refractivity contribution in [1.82, 2.24) is 4.98 Å². The van der Waals surface area contributed by atoms with Gasteiger partial charge in [0, 0.05) is 23.0 Å². The van der Waals surface area contributed by atoms with Crippen LogP contribution in [-0.2, 0) is 13.0 Å². The van der Waals surface area contributed by atoms with Crippen molar-refractivity contribution in [2.45, 2.75) is 13.0 Å². The molecule has 0 saturated carbocycles. The van der Waals surface area contributed by atoms with Crippen molar-refractivity contribution in [3.8, 4) is 5.75 Å². The molecule has 3 heteroatoms. The minimum absolute atomic E-state index is 0.0633. The van der Waals surface area contributed by atoms with E-state index in [4.69, 9.17) is 4.74 Å². The highest BCUT2D eigenvalue weighted by Gasteiger charge is 2.06. The second-order valence-electron chi connectivity index (χ2n) is 4.86. The number of aromatic nitrogens is 1. The predicted molar refractivity (Wildman–Crippen MR) is 80.0 cm³/mol. The Balaban J connectivity index is 1.94. The van der Waals surface area contributed by atoms with Crippen LogP contribution in [0, 0.1) is 0 Å². The number of aliphatic hydroxyl groups is 1. The summed E-state index contributed by atoms with van der Waals surface area (Å²) in [6.07, 6.45) is 0.816. The van der Waals surface area contributed by atoms with Gasteiger partial charge in [-0.05, 0) is 35.4 Å². The number of methoxy groups -OCH3 is 1. The van der Waals surface area contributed by atoms with Gasteiger partial charge in [-0.3, -0.25) is 0 Å². The van der Waals surface area contributed by atoms with Crippen LogP contribution in [0.5, 0.6) is 5.75 Å². The molecule has 0 aliphatic carbocycles. The SMILES string of the molecule is COc1cccc(Cc2cc3c(CO)cccc3[nH]2)c1. The first-order valence-electron chi connectivity index (χ1n) is 6.63. The predicted octanol–water partition coefficient (Wildman–Crippen LogP) is 3.26. The number of hydrogen-bond donors (Lipinski definition) is 2. The Bertz CT molecular complexity index is 731. The largest absolute Gasteiger partial charge is 0.497 e. The third-order valence-electron chi connectivity index (χ3n) is 3.51. The van der Waals surface area contributed by atoms with Crippen LogP contribution in [0.2, 0.25) is 0 Å². The van der Waals surface area contributed by atoms with Crippen molar-refractivity contribution in [1.29, 1.82) is 0 Å². The third-order valence-corrected chi connectivity index (χ3v) is 3.51. The lowest BCUT2D eigenvalue weighted by Crippen LogP contribution is -1.89. The molecule has 0 aliphatic rings. The van der Waals surface area contributed by atoms with E-state index in [-0.39, 0.29) is 6.61 Å². The Morgan fingerprint density at radius 3 is 2.75 bits per heavy atom. The highest BCUT2D eigenvalue weighted by atomic mass is 16.5. The number of nitrogens with one attached hydrogen (secondary N) is 1. The minimum atomic E-state index is 0.0633. The van der Waals surface area contributed by atoms with Crippen LogP contribution in [0.15, 0.2) is 48.5 Å². The average Bonchev–Trinajstić information content (AvgIpc) is 2.89. The molecule has 1 aromatic heterocycles. The molecule has 0 fully saturated rings. The fourth-order valence-electron chi connectivity index (χ4n) is 2.51. The van der Waals surface area contributed by atoms with E-state index in [1.807, 2.05) is 36.4 Å². The monoisotopic (exact) mass is 267 g/mol. The number of H-pyrrole nitrogens is 1. The molecule has 0 bridgehead atoms. The highest BCUT2D eigenvalue weighted by molar-refractivity contribution is 5.84. The lowest BCUT2D eigenvalue weighted by Gasteiger charge is -2.03. The van der Waals surface area contributed by atoms with E-state index in [9.17, 15) is 5.11 Å². The van der Waals surface area contributed by atoms with Crippen LogP contribution in [0.4, 0.5) is 0 Å². The van der Waals surface area contributed by atoms with Crippen LogP contribution in [0.25, 0.3) is 10.9 Å². The molecule has 3 rings (SSSR count). The Hall–Kier alpha value is -2.26. The molecule has 0 saturated heterocycles. The number of aliphatic hydroxyl groups excluding tert-OH is 1. The maximum absolute atomic E-state index is 9.37. The smallest absolute Gasteiger partial charge is 0.119 e. The van der Waals surface area contributed by atoms with Gasteiger partial charge in [0.1, 0.15) is 5.75 Å². The van der Waals surface area contributed by atoms with Crippen LogP contribution in [-0.4, -0.2) is 17.2 Å². The van der Waals surface area contributed by atoms with E-state index in [1.54, 1.807) is 7.11 Å². The zero-order chi connectivity index (χ0) is 13.9. The third kappa shape index (κ3) is 2.40. The summed E-state index contributed by atoms with van der Waals surface area (Å²) >= 11 is 0. The van der Waals surface area contributed by atoms with E-state index < -0.39 is 0 Å². The summed E-state index contributed by atoms with van der Waals surface area (Å²) in [6, 6.07) is 16.1. The van der Waals surface area contributed by atoms with Crippen molar-refractivity contribution in [3.05, 3.63) is 65.4 Å².